The van der Waals surface area contributed by atoms with Gasteiger partial charge in [0, 0.05) is 5.56 Å². The van der Waals surface area contributed by atoms with Gasteiger partial charge in [-0.2, -0.15) is 5.10 Å². The van der Waals surface area contributed by atoms with Crippen molar-refractivity contribution in [3.05, 3.63) is 53.1 Å². The van der Waals surface area contributed by atoms with E-state index in [9.17, 15) is 0 Å². The molecule has 2 aromatic rings. The molecule has 0 heterocycles. The van der Waals surface area contributed by atoms with Gasteiger partial charge in [-0.3, -0.25) is 5.41 Å². The second-order valence-electron chi connectivity index (χ2n) is 4.48. The van der Waals surface area contributed by atoms with Crippen molar-refractivity contribution >= 4 is 29.5 Å². The monoisotopic (exact) mass is 332 g/mol. The minimum absolute atomic E-state index is 0.205. The van der Waals surface area contributed by atoms with E-state index in [1.807, 2.05) is 18.2 Å². The smallest absolute Gasteiger partial charge is 0.214 e. The molecule has 0 fully saturated rings. The fourth-order valence-corrected chi connectivity index (χ4v) is 2.24. The number of rotatable bonds is 5. The lowest BCUT2D eigenvalue weighted by molar-refractivity contribution is 0.355. The summed E-state index contributed by atoms with van der Waals surface area (Å²) in [5, 5.41) is 13.6. The molecule has 0 aromatic heterocycles. The third-order valence-electron chi connectivity index (χ3n) is 3.06. The molecule has 0 saturated heterocycles. The van der Waals surface area contributed by atoms with Gasteiger partial charge >= 0.3 is 0 Å². The average molecular weight is 333 g/mol. The number of nitrogens with two attached hydrogens (primary N) is 1. The van der Waals surface area contributed by atoms with Crippen LogP contribution in [0.1, 0.15) is 5.56 Å². The fourth-order valence-electron chi connectivity index (χ4n) is 1.96. The van der Waals surface area contributed by atoms with Gasteiger partial charge in [0.05, 0.1) is 31.1 Å². The first-order chi connectivity index (χ1) is 11.1. The molecule has 0 aliphatic carbocycles. The SMILES string of the molecule is COc1ccc(/C=N/N(C(=N)N)c2ccccc2)c(Cl)c1OC. The Balaban J connectivity index is 2.36. The predicted molar refractivity (Wildman–Crippen MR) is 93.0 cm³/mol. The topological polar surface area (TPSA) is 83.9 Å². The molecule has 0 spiro atoms. The lowest BCUT2D eigenvalue weighted by Crippen LogP contribution is -2.32. The minimum Gasteiger partial charge on any atom is -0.493 e. The standard InChI is InChI=1S/C16H17ClN4O2/c1-22-13-9-8-11(14(17)15(13)23-2)10-20-21(16(18)19)12-6-4-3-5-7-12/h3-10H,1-2H3,(H3,18,19)/b20-10+. The number of ether oxygens (including phenoxy) is 2. The summed E-state index contributed by atoms with van der Waals surface area (Å²) in [4.78, 5) is 0. The fraction of sp³-hybridized carbons (Fsp3) is 0.125. The molecule has 0 aliphatic heterocycles. The van der Waals surface area contributed by atoms with Crippen molar-refractivity contribution < 1.29 is 9.47 Å². The first-order valence-corrected chi connectivity index (χ1v) is 7.10. The van der Waals surface area contributed by atoms with E-state index in [-0.39, 0.29) is 5.96 Å². The van der Waals surface area contributed by atoms with Crippen LogP contribution in [0.15, 0.2) is 47.6 Å². The van der Waals surface area contributed by atoms with E-state index in [1.165, 1.54) is 25.4 Å². The van der Waals surface area contributed by atoms with Crippen LogP contribution < -0.4 is 20.2 Å². The van der Waals surface area contributed by atoms with Gasteiger partial charge in [-0.25, -0.2) is 5.01 Å². The van der Waals surface area contributed by atoms with Gasteiger partial charge in [0.1, 0.15) is 0 Å². The Morgan fingerprint density at radius 3 is 2.43 bits per heavy atom. The van der Waals surface area contributed by atoms with Crippen molar-refractivity contribution in [1.82, 2.24) is 0 Å². The third-order valence-corrected chi connectivity index (χ3v) is 3.45. The molecule has 23 heavy (non-hydrogen) atoms. The highest BCUT2D eigenvalue weighted by molar-refractivity contribution is 6.34. The molecule has 2 rings (SSSR count). The van der Waals surface area contributed by atoms with Crippen LogP contribution in [0, 0.1) is 5.41 Å². The molecule has 0 radical (unpaired) electrons. The van der Waals surface area contributed by atoms with Crippen molar-refractivity contribution in [2.24, 2.45) is 10.8 Å². The summed E-state index contributed by atoms with van der Waals surface area (Å²) >= 11 is 6.30. The molecule has 0 atom stereocenters. The van der Waals surface area contributed by atoms with E-state index in [0.717, 1.165) is 0 Å². The summed E-state index contributed by atoms with van der Waals surface area (Å²) in [6.07, 6.45) is 1.51. The highest BCUT2D eigenvalue weighted by Gasteiger charge is 2.13. The Morgan fingerprint density at radius 2 is 1.87 bits per heavy atom. The second kappa shape index (κ2) is 7.51. The van der Waals surface area contributed by atoms with Gasteiger partial charge in [0.2, 0.25) is 5.96 Å². The molecule has 3 N–H and O–H groups in total. The normalized spacial score (nSPS) is 10.6. The zero-order valence-electron chi connectivity index (χ0n) is 12.8. The van der Waals surface area contributed by atoms with Gasteiger partial charge in [-0.15, -0.1) is 0 Å². The summed E-state index contributed by atoms with van der Waals surface area (Å²) in [6, 6.07) is 12.6. The minimum atomic E-state index is -0.205. The van der Waals surface area contributed by atoms with Crippen LogP contribution in [0.5, 0.6) is 11.5 Å². The molecule has 7 heteroatoms. The maximum absolute atomic E-state index is 7.66. The van der Waals surface area contributed by atoms with E-state index in [2.05, 4.69) is 5.10 Å². The van der Waals surface area contributed by atoms with E-state index < -0.39 is 0 Å². The van der Waals surface area contributed by atoms with Gasteiger partial charge in [0.15, 0.2) is 11.5 Å². The lowest BCUT2D eigenvalue weighted by atomic mass is 10.2. The molecule has 0 unspecified atom stereocenters. The van der Waals surface area contributed by atoms with Crippen molar-refractivity contribution in [2.75, 3.05) is 19.2 Å². The molecule has 0 bridgehead atoms. The van der Waals surface area contributed by atoms with Crippen LogP contribution in [0.3, 0.4) is 0 Å². The van der Waals surface area contributed by atoms with Crippen molar-refractivity contribution in [2.45, 2.75) is 0 Å². The number of methoxy groups -OCH3 is 2. The summed E-state index contributed by atoms with van der Waals surface area (Å²) < 4.78 is 10.4. The number of anilines is 1. The largest absolute Gasteiger partial charge is 0.493 e. The number of hydrazone groups is 1. The van der Waals surface area contributed by atoms with Crippen molar-refractivity contribution in [3.8, 4) is 11.5 Å². The summed E-state index contributed by atoms with van der Waals surface area (Å²) in [7, 11) is 3.05. The Morgan fingerprint density at radius 1 is 1.17 bits per heavy atom. The van der Waals surface area contributed by atoms with Gasteiger partial charge in [0.25, 0.3) is 0 Å². The van der Waals surface area contributed by atoms with Crippen molar-refractivity contribution in [3.63, 3.8) is 0 Å². The molecular formula is C16H17ClN4O2. The number of para-hydroxylation sites is 1. The Kier molecular flexibility index (Phi) is 5.43. The quantitative estimate of drug-likeness (QED) is 0.500. The number of hydrogen-bond acceptors (Lipinski definition) is 4. The van der Waals surface area contributed by atoms with Crippen LogP contribution >= 0.6 is 11.6 Å². The first kappa shape index (κ1) is 16.6. The Hall–Kier alpha value is -2.73. The van der Waals surface area contributed by atoms with Crippen LogP contribution in [0.4, 0.5) is 5.69 Å². The number of benzene rings is 2. The molecular weight excluding hydrogens is 316 g/mol. The van der Waals surface area contributed by atoms with E-state index in [1.54, 1.807) is 24.3 Å². The molecule has 6 nitrogen and oxygen atoms in total. The maximum atomic E-state index is 7.66. The number of nitrogens with one attached hydrogen (secondary N) is 1. The molecule has 120 valence electrons. The third kappa shape index (κ3) is 3.73. The lowest BCUT2D eigenvalue weighted by Gasteiger charge is -2.16. The molecule has 0 aliphatic rings. The highest BCUT2D eigenvalue weighted by atomic mass is 35.5. The van der Waals surface area contributed by atoms with E-state index >= 15 is 0 Å². The van der Waals surface area contributed by atoms with Gasteiger partial charge in [-0.05, 0) is 24.3 Å². The first-order valence-electron chi connectivity index (χ1n) is 6.72. The zero-order chi connectivity index (χ0) is 16.8. The number of nitrogens with zero attached hydrogens (tertiary/aromatic N) is 2. The molecule has 0 saturated carbocycles. The Bertz CT molecular complexity index is 720. The van der Waals surface area contributed by atoms with E-state index in [4.69, 9.17) is 32.2 Å². The zero-order valence-corrected chi connectivity index (χ0v) is 13.5. The van der Waals surface area contributed by atoms with Crippen LogP contribution in [0.2, 0.25) is 5.02 Å². The van der Waals surface area contributed by atoms with Gasteiger partial charge < -0.3 is 15.2 Å². The summed E-state index contributed by atoms with van der Waals surface area (Å²) in [6.45, 7) is 0. The second-order valence-corrected chi connectivity index (χ2v) is 4.86. The van der Waals surface area contributed by atoms with E-state index in [0.29, 0.717) is 27.8 Å². The molecule has 2 aromatic carbocycles. The summed E-state index contributed by atoms with van der Waals surface area (Å²) in [5.41, 5.74) is 6.88. The average Bonchev–Trinajstić information content (AvgIpc) is 2.56. The number of guanidine groups is 1. The predicted octanol–water partition coefficient (Wildman–Crippen LogP) is 3.09. The van der Waals surface area contributed by atoms with Crippen LogP contribution in [0.25, 0.3) is 0 Å². The molecule has 0 amide bonds. The maximum Gasteiger partial charge on any atom is 0.214 e. The Labute approximate surface area is 139 Å². The number of hydrogen-bond donors (Lipinski definition) is 2. The summed E-state index contributed by atoms with van der Waals surface area (Å²) in [5.74, 6) is 0.748. The van der Waals surface area contributed by atoms with Crippen LogP contribution in [-0.4, -0.2) is 26.4 Å². The van der Waals surface area contributed by atoms with Crippen LogP contribution in [-0.2, 0) is 0 Å². The van der Waals surface area contributed by atoms with Gasteiger partial charge in [-0.1, -0.05) is 29.8 Å². The van der Waals surface area contributed by atoms with Crippen molar-refractivity contribution in [1.29, 1.82) is 5.41 Å². The number of halogens is 1. The highest BCUT2D eigenvalue weighted by Crippen LogP contribution is 2.36.